The van der Waals surface area contributed by atoms with Crippen molar-refractivity contribution in [2.24, 2.45) is 0 Å². The van der Waals surface area contributed by atoms with Crippen LogP contribution in [0.1, 0.15) is 18.5 Å². The summed E-state index contributed by atoms with van der Waals surface area (Å²) in [4.78, 5) is 30.6. The first kappa shape index (κ1) is 21.6. The van der Waals surface area contributed by atoms with Crippen molar-refractivity contribution in [2.45, 2.75) is 18.1 Å². The Morgan fingerprint density at radius 3 is 2.44 bits per heavy atom. The van der Waals surface area contributed by atoms with Gasteiger partial charge >= 0.3 is 0 Å². The van der Waals surface area contributed by atoms with Gasteiger partial charge in [-0.25, -0.2) is 4.98 Å². The van der Waals surface area contributed by atoms with Gasteiger partial charge in [0.1, 0.15) is 5.75 Å². The highest BCUT2D eigenvalue weighted by molar-refractivity contribution is 7.99. The Morgan fingerprint density at radius 1 is 1.03 bits per heavy atom. The van der Waals surface area contributed by atoms with E-state index in [-0.39, 0.29) is 23.3 Å². The maximum atomic E-state index is 13.3. The third-order valence-electron chi connectivity index (χ3n) is 5.08. The highest BCUT2D eigenvalue weighted by Crippen LogP contribution is 2.23. The van der Waals surface area contributed by atoms with Crippen LogP contribution in [0.5, 0.6) is 5.75 Å². The molecule has 7 heteroatoms. The molecule has 0 fully saturated rings. The predicted octanol–water partition coefficient (Wildman–Crippen LogP) is 4.36. The lowest BCUT2D eigenvalue weighted by atomic mass is 10.1. The molecular formula is C25H23N3O3S. The number of thioether (sulfide) groups is 1. The molecule has 3 aromatic carbocycles. The van der Waals surface area contributed by atoms with Gasteiger partial charge in [-0.15, -0.1) is 0 Å². The molecule has 0 saturated heterocycles. The SMILES string of the molecule is COc1ccc(-n2c(SCC(=O)N[C@@H](C)c3ccccc3)nc3ccccc3c2=O)cc1. The normalized spacial score (nSPS) is 11.8. The van der Waals surface area contributed by atoms with Gasteiger partial charge < -0.3 is 10.1 Å². The molecule has 0 spiro atoms. The molecule has 162 valence electrons. The number of ether oxygens (including phenoxy) is 1. The summed E-state index contributed by atoms with van der Waals surface area (Å²) in [6, 6.07) is 24.1. The van der Waals surface area contributed by atoms with Crippen LogP contribution in [-0.4, -0.2) is 28.3 Å². The maximum Gasteiger partial charge on any atom is 0.266 e. The summed E-state index contributed by atoms with van der Waals surface area (Å²) in [7, 11) is 1.59. The number of aromatic nitrogens is 2. The average Bonchev–Trinajstić information content (AvgIpc) is 2.83. The fourth-order valence-electron chi connectivity index (χ4n) is 3.41. The third-order valence-corrected chi connectivity index (χ3v) is 6.02. The van der Waals surface area contributed by atoms with Crippen molar-refractivity contribution in [3.63, 3.8) is 0 Å². The number of benzene rings is 3. The smallest absolute Gasteiger partial charge is 0.266 e. The van der Waals surface area contributed by atoms with Gasteiger partial charge in [0, 0.05) is 0 Å². The van der Waals surface area contributed by atoms with Crippen molar-refractivity contribution >= 4 is 28.6 Å². The lowest BCUT2D eigenvalue weighted by molar-refractivity contribution is -0.119. The molecule has 0 radical (unpaired) electrons. The Kier molecular flexibility index (Phi) is 6.56. The first-order valence-corrected chi connectivity index (χ1v) is 11.2. The number of hydrogen-bond donors (Lipinski definition) is 1. The topological polar surface area (TPSA) is 73.2 Å². The molecular weight excluding hydrogens is 422 g/mol. The molecule has 4 aromatic rings. The summed E-state index contributed by atoms with van der Waals surface area (Å²) in [5.41, 5.74) is 2.11. The summed E-state index contributed by atoms with van der Waals surface area (Å²) >= 11 is 1.23. The highest BCUT2D eigenvalue weighted by Gasteiger charge is 2.16. The molecule has 1 amide bonds. The molecule has 4 rings (SSSR count). The van der Waals surface area contributed by atoms with Crippen LogP contribution in [0.15, 0.2) is 88.8 Å². The summed E-state index contributed by atoms with van der Waals surface area (Å²) in [5, 5.41) is 3.98. The summed E-state index contributed by atoms with van der Waals surface area (Å²) in [6.07, 6.45) is 0. The second-order valence-electron chi connectivity index (χ2n) is 7.24. The first-order valence-electron chi connectivity index (χ1n) is 10.2. The minimum Gasteiger partial charge on any atom is -0.497 e. The van der Waals surface area contributed by atoms with E-state index in [1.807, 2.05) is 49.4 Å². The maximum absolute atomic E-state index is 13.3. The van der Waals surface area contributed by atoms with Gasteiger partial charge in [0.15, 0.2) is 5.16 Å². The minimum absolute atomic E-state index is 0.113. The monoisotopic (exact) mass is 445 g/mol. The van der Waals surface area contributed by atoms with Crippen LogP contribution in [0.4, 0.5) is 0 Å². The fourth-order valence-corrected chi connectivity index (χ4v) is 4.23. The van der Waals surface area contributed by atoms with E-state index in [0.29, 0.717) is 27.5 Å². The molecule has 0 bridgehead atoms. The Morgan fingerprint density at radius 2 is 1.72 bits per heavy atom. The summed E-state index contributed by atoms with van der Waals surface area (Å²) < 4.78 is 6.77. The number of nitrogens with one attached hydrogen (secondary N) is 1. The predicted molar refractivity (Wildman–Crippen MR) is 128 cm³/mol. The van der Waals surface area contributed by atoms with E-state index in [9.17, 15) is 9.59 Å². The lowest BCUT2D eigenvalue weighted by Gasteiger charge is -2.16. The van der Waals surface area contributed by atoms with Crippen LogP contribution in [0.3, 0.4) is 0 Å². The van der Waals surface area contributed by atoms with Crippen molar-refractivity contribution < 1.29 is 9.53 Å². The minimum atomic E-state index is -0.179. The lowest BCUT2D eigenvalue weighted by Crippen LogP contribution is -2.29. The van der Waals surface area contributed by atoms with E-state index in [1.54, 1.807) is 48.1 Å². The van der Waals surface area contributed by atoms with Gasteiger partial charge in [-0.3, -0.25) is 14.2 Å². The van der Waals surface area contributed by atoms with Gasteiger partial charge in [-0.05, 0) is 48.9 Å². The molecule has 1 heterocycles. The molecule has 0 aliphatic carbocycles. The van der Waals surface area contributed by atoms with E-state index in [4.69, 9.17) is 4.74 Å². The molecule has 0 aliphatic rings. The zero-order valence-corrected chi connectivity index (χ0v) is 18.6. The third kappa shape index (κ3) is 4.68. The zero-order valence-electron chi connectivity index (χ0n) is 17.8. The van der Waals surface area contributed by atoms with E-state index in [0.717, 1.165) is 5.56 Å². The largest absolute Gasteiger partial charge is 0.497 e. The van der Waals surface area contributed by atoms with Crippen molar-refractivity contribution in [2.75, 3.05) is 12.9 Å². The number of para-hydroxylation sites is 1. The van der Waals surface area contributed by atoms with Crippen LogP contribution in [0, 0.1) is 0 Å². The number of nitrogens with zero attached hydrogens (tertiary/aromatic N) is 2. The Bertz CT molecular complexity index is 1290. The average molecular weight is 446 g/mol. The van der Waals surface area contributed by atoms with E-state index < -0.39 is 0 Å². The van der Waals surface area contributed by atoms with Crippen LogP contribution >= 0.6 is 11.8 Å². The first-order chi connectivity index (χ1) is 15.6. The van der Waals surface area contributed by atoms with Gasteiger partial charge in [0.05, 0.1) is 35.5 Å². The number of methoxy groups -OCH3 is 1. The van der Waals surface area contributed by atoms with Crippen molar-refractivity contribution in [1.82, 2.24) is 14.9 Å². The van der Waals surface area contributed by atoms with E-state index in [1.165, 1.54) is 11.8 Å². The molecule has 0 unspecified atom stereocenters. The second kappa shape index (κ2) is 9.70. The van der Waals surface area contributed by atoms with Crippen LogP contribution < -0.4 is 15.6 Å². The van der Waals surface area contributed by atoms with Crippen molar-refractivity contribution in [1.29, 1.82) is 0 Å². The summed E-state index contributed by atoms with van der Waals surface area (Å²) in [5.74, 6) is 0.701. The second-order valence-corrected chi connectivity index (χ2v) is 8.18. The fraction of sp³-hybridized carbons (Fsp3) is 0.160. The van der Waals surface area contributed by atoms with Crippen LogP contribution in [0.2, 0.25) is 0 Å². The molecule has 0 saturated carbocycles. The Labute approximate surface area is 190 Å². The van der Waals surface area contributed by atoms with Crippen LogP contribution in [-0.2, 0) is 4.79 Å². The Hall–Kier alpha value is -3.58. The molecule has 32 heavy (non-hydrogen) atoms. The number of carbonyl (C=O) groups excluding carboxylic acids is 1. The standard InChI is InChI=1S/C25H23N3O3S/c1-17(18-8-4-3-5-9-18)26-23(29)16-32-25-27-22-11-7-6-10-21(22)24(30)28(25)19-12-14-20(31-2)15-13-19/h3-15,17H,16H2,1-2H3,(H,26,29)/t17-/m0/s1. The van der Waals surface area contributed by atoms with Crippen molar-refractivity contribution in [3.8, 4) is 11.4 Å². The van der Waals surface area contributed by atoms with E-state index >= 15 is 0 Å². The van der Waals surface area contributed by atoms with Crippen molar-refractivity contribution in [3.05, 3.63) is 94.8 Å². The quantitative estimate of drug-likeness (QED) is 0.338. The Balaban J connectivity index is 1.62. The molecule has 1 aromatic heterocycles. The number of amides is 1. The number of rotatable bonds is 7. The molecule has 1 N–H and O–H groups in total. The zero-order chi connectivity index (χ0) is 22.5. The molecule has 6 nitrogen and oxygen atoms in total. The highest BCUT2D eigenvalue weighted by atomic mass is 32.2. The van der Waals surface area contributed by atoms with E-state index in [2.05, 4.69) is 10.3 Å². The van der Waals surface area contributed by atoms with Crippen LogP contribution in [0.25, 0.3) is 16.6 Å². The molecule has 1 atom stereocenters. The van der Waals surface area contributed by atoms with Gasteiger partial charge in [-0.1, -0.05) is 54.2 Å². The van der Waals surface area contributed by atoms with Gasteiger partial charge in [0.2, 0.25) is 5.91 Å². The number of carbonyl (C=O) groups is 1. The van der Waals surface area contributed by atoms with Gasteiger partial charge in [0.25, 0.3) is 5.56 Å². The van der Waals surface area contributed by atoms with Gasteiger partial charge in [-0.2, -0.15) is 0 Å². The number of hydrogen-bond acceptors (Lipinski definition) is 5. The molecule has 0 aliphatic heterocycles. The summed E-state index contributed by atoms with van der Waals surface area (Å²) in [6.45, 7) is 1.94. The number of fused-ring (bicyclic) bond motifs is 1.